The number of amides is 1. The Labute approximate surface area is 128 Å². The van der Waals surface area contributed by atoms with Crippen LogP contribution < -0.4 is 10.5 Å². The third-order valence-electron chi connectivity index (χ3n) is 3.05. The van der Waals surface area contributed by atoms with Gasteiger partial charge in [-0.15, -0.1) is 0 Å². The van der Waals surface area contributed by atoms with E-state index in [1.165, 1.54) is 19.3 Å². The molecule has 1 amide bonds. The van der Waals surface area contributed by atoms with E-state index in [0.29, 0.717) is 6.42 Å². The van der Waals surface area contributed by atoms with Gasteiger partial charge in [-0.25, -0.2) is 4.79 Å². The molecule has 0 saturated carbocycles. The first-order valence-corrected chi connectivity index (χ1v) is 6.99. The Bertz CT molecular complexity index is 615. The summed E-state index contributed by atoms with van der Waals surface area (Å²) in [5.41, 5.74) is -0.979. The van der Waals surface area contributed by atoms with E-state index < -0.39 is 29.1 Å². The summed E-state index contributed by atoms with van der Waals surface area (Å²) in [7, 11) is 1.39. The van der Waals surface area contributed by atoms with Crippen molar-refractivity contribution in [2.45, 2.75) is 45.6 Å². The molecule has 7 heteroatoms. The molecule has 0 saturated heterocycles. The number of aliphatic carboxylic acids is 1. The minimum Gasteiger partial charge on any atom is -0.481 e. The zero-order valence-corrected chi connectivity index (χ0v) is 13.5. The van der Waals surface area contributed by atoms with Crippen molar-refractivity contribution in [1.82, 2.24) is 4.98 Å². The normalized spacial score (nSPS) is 12.6. The smallest absolute Gasteiger partial charge is 0.414 e. The molecule has 22 heavy (non-hydrogen) atoms. The predicted molar refractivity (Wildman–Crippen MR) is 82.4 cm³/mol. The number of carbonyl (C=O) groups is 2. The maximum absolute atomic E-state index is 12.1. The summed E-state index contributed by atoms with van der Waals surface area (Å²) in [5.74, 6) is -1.92. The van der Waals surface area contributed by atoms with Crippen molar-refractivity contribution in [3.8, 4) is 0 Å². The van der Waals surface area contributed by atoms with E-state index in [4.69, 9.17) is 4.74 Å². The third-order valence-corrected chi connectivity index (χ3v) is 3.05. The molecular formula is C15H22N2O5. The van der Waals surface area contributed by atoms with Crippen LogP contribution in [0.3, 0.4) is 0 Å². The third kappa shape index (κ3) is 4.09. The van der Waals surface area contributed by atoms with Crippen LogP contribution in [-0.2, 0) is 9.53 Å². The SMILES string of the molecule is CCC(C(=O)O)c1cc[nH]c(=O)c1N(C)C(=O)OC(C)(C)C. The van der Waals surface area contributed by atoms with Crippen LogP contribution in [0.2, 0.25) is 0 Å². The molecule has 1 aromatic rings. The lowest BCUT2D eigenvalue weighted by atomic mass is 9.96. The van der Waals surface area contributed by atoms with Gasteiger partial charge in [-0.05, 0) is 38.8 Å². The van der Waals surface area contributed by atoms with Crippen molar-refractivity contribution >= 4 is 17.7 Å². The number of nitrogens with one attached hydrogen (secondary N) is 1. The topological polar surface area (TPSA) is 99.7 Å². The maximum atomic E-state index is 12.1. The Hall–Kier alpha value is -2.31. The molecule has 1 rings (SSSR count). The standard InChI is InChI=1S/C15H22N2O5/c1-6-9(13(19)20)10-7-8-16-12(18)11(10)17(5)14(21)22-15(2,3)4/h7-9H,6H2,1-5H3,(H,16,18)(H,19,20). The average molecular weight is 310 g/mol. The number of nitrogens with zero attached hydrogens (tertiary/aromatic N) is 1. The molecular weight excluding hydrogens is 288 g/mol. The molecule has 0 aliphatic rings. The minimum atomic E-state index is -1.05. The van der Waals surface area contributed by atoms with Crippen molar-refractivity contribution in [2.75, 3.05) is 11.9 Å². The van der Waals surface area contributed by atoms with Gasteiger partial charge in [-0.2, -0.15) is 0 Å². The fourth-order valence-electron chi connectivity index (χ4n) is 2.06. The highest BCUT2D eigenvalue weighted by molar-refractivity contribution is 5.90. The Balaban J connectivity index is 3.32. The highest BCUT2D eigenvalue weighted by atomic mass is 16.6. The summed E-state index contributed by atoms with van der Waals surface area (Å²) >= 11 is 0. The van der Waals surface area contributed by atoms with Gasteiger partial charge in [-0.1, -0.05) is 6.92 Å². The van der Waals surface area contributed by atoms with Crippen LogP contribution in [0.1, 0.15) is 45.6 Å². The summed E-state index contributed by atoms with van der Waals surface area (Å²) in [6.07, 6.45) is 0.953. The van der Waals surface area contributed by atoms with Gasteiger partial charge in [0.15, 0.2) is 0 Å². The fraction of sp³-hybridized carbons (Fsp3) is 0.533. The minimum absolute atomic E-state index is 0.00833. The number of aromatic amines is 1. The van der Waals surface area contributed by atoms with Crippen molar-refractivity contribution < 1.29 is 19.4 Å². The number of ether oxygens (including phenoxy) is 1. The first-order chi connectivity index (χ1) is 10.1. The molecule has 0 radical (unpaired) electrons. The number of H-pyrrole nitrogens is 1. The van der Waals surface area contributed by atoms with E-state index in [0.717, 1.165) is 4.90 Å². The molecule has 122 valence electrons. The van der Waals surface area contributed by atoms with Crippen LogP contribution in [0.4, 0.5) is 10.5 Å². The fourth-order valence-corrected chi connectivity index (χ4v) is 2.06. The van der Waals surface area contributed by atoms with Gasteiger partial charge in [0.2, 0.25) is 0 Å². The molecule has 0 bridgehead atoms. The summed E-state index contributed by atoms with van der Waals surface area (Å²) in [4.78, 5) is 39.1. The molecule has 1 atom stereocenters. The number of carboxylic acids is 1. The molecule has 7 nitrogen and oxygen atoms in total. The van der Waals surface area contributed by atoms with Crippen LogP contribution in [0.15, 0.2) is 17.1 Å². The van der Waals surface area contributed by atoms with Gasteiger partial charge < -0.3 is 14.8 Å². The molecule has 0 fully saturated rings. The summed E-state index contributed by atoms with van der Waals surface area (Å²) in [6.45, 7) is 6.83. The number of rotatable bonds is 4. The number of pyridine rings is 1. The molecule has 0 aromatic carbocycles. The zero-order chi connectivity index (χ0) is 17.1. The van der Waals surface area contributed by atoms with E-state index in [1.54, 1.807) is 27.7 Å². The highest BCUT2D eigenvalue weighted by Crippen LogP contribution is 2.27. The quantitative estimate of drug-likeness (QED) is 0.889. The largest absolute Gasteiger partial charge is 0.481 e. The Kier molecular flexibility index (Phi) is 5.35. The first-order valence-electron chi connectivity index (χ1n) is 6.99. The van der Waals surface area contributed by atoms with Crippen molar-refractivity contribution in [3.05, 3.63) is 28.2 Å². The van der Waals surface area contributed by atoms with Gasteiger partial charge in [-0.3, -0.25) is 14.5 Å². The Morgan fingerprint density at radius 1 is 1.41 bits per heavy atom. The summed E-state index contributed by atoms with van der Waals surface area (Å²) in [5, 5.41) is 9.30. The molecule has 0 spiro atoms. The molecule has 1 unspecified atom stereocenters. The van der Waals surface area contributed by atoms with Crippen LogP contribution >= 0.6 is 0 Å². The van der Waals surface area contributed by atoms with Gasteiger partial charge in [0.25, 0.3) is 5.56 Å². The lowest BCUT2D eigenvalue weighted by molar-refractivity contribution is -0.138. The van der Waals surface area contributed by atoms with E-state index in [-0.39, 0.29) is 11.3 Å². The highest BCUT2D eigenvalue weighted by Gasteiger charge is 2.28. The monoisotopic (exact) mass is 310 g/mol. The van der Waals surface area contributed by atoms with E-state index in [2.05, 4.69) is 4.98 Å². The summed E-state index contributed by atoms with van der Waals surface area (Å²) < 4.78 is 5.22. The van der Waals surface area contributed by atoms with Gasteiger partial charge in [0.05, 0.1) is 5.92 Å². The number of anilines is 1. The lowest BCUT2D eigenvalue weighted by Crippen LogP contribution is -2.38. The average Bonchev–Trinajstić information content (AvgIpc) is 2.36. The van der Waals surface area contributed by atoms with Crippen LogP contribution in [-0.4, -0.2) is 34.8 Å². The number of aromatic nitrogens is 1. The Morgan fingerprint density at radius 2 is 2.00 bits per heavy atom. The van der Waals surface area contributed by atoms with Gasteiger partial charge in [0, 0.05) is 13.2 Å². The lowest BCUT2D eigenvalue weighted by Gasteiger charge is -2.26. The number of carbonyl (C=O) groups excluding carboxylic acids is 1. The van der Waals surface area contributed by atoms with E-state index >= 15 is 0 Å². The first kappa shape index (κ1) is 17.7. The van der Waals surface area contributed by atoms with E-state index in [9.17, 15) is 19.5 Å². The summed E-state index contributed by atoms with van der Waals surface area (Å²) in [6, 6.07) is 1.50. The van der Waals surface area contributed by atoms with Gasteiger partial charge in [0.1, 0.15) is 11.3 Å². The zero-order valence-electron chi connectivity index (χ0n) is 13.5. The Morgan fingerprint density at radius 3 is 2.45 bits per heavy atom. The molecule has 0 aliphatic carbocycles. The second-order valence-corrected chi connectivity index (χ2v) is 5.95. The van der Waals surface area contributed by atoms with Crippen molar-refractivity contribution in [2.24, 2.45) is 0 Å². The van der Waals surface area contributed by atoms with Crippen LogP contribution in [0, 0.1) is 0 Å². The number of carboxylic acid groups (broad SMARTS) is 1. The maximum Gasteiger partial charge on any atom is 0.414 e. The predicted octanol–water partition coefficient (Wildman–Crippen LogP) is 2.32. The number of hydrogen-bond acceptors (Lipinski definition) is 4. The number of hydrogen-bond donors (Lipinski definition) is 2. The van der Waals surface area contributed by atoms with Crippen LogP contribution in [0.5, 0.6) is 0 Å². The van der Waals surface area contributed by atoms with Crippen molar-refractivity contribution in [3.63, 3.8) is 0 Å². The van der Waals surface area contributed by atoms with Crippen LogP contribution in [0.25, 0.3) is 0 Å². The molecule has 2 N–H and O–H groups in total. The molecule has 1 aromatic heterocycles. The second-order valence-electron chi connectivity index (χ2n) is 5.95. The van der Waals surface area contributed by atoms with E-state index in [1.807, 2.05) is 0 Å². The van der Waals surface area contributed by atoms with Gasteiger partial charge >= 0.3 is 12.1 Å². The molecule has 0 aliphatic heterocycles. The van der Waals surface area contributed by atoms with Crippen molar-refractivity contribution in [1.29, 1.82) is 0 Å². The second kappa shape index (κ2) is 6.64. The molecule has 1 heterocycles.